The van der Waals surface area contributed by atoms with Gasteiger partial charge in [-0.25, -0.2) is 9.89 Å². The Balaban J connectivity index is 1.89. The van der Waals surface area contributed by atoms with Gasteiger partial charge in [0.05, 0.1) is 5.25 Å². The normalized spacial score (nSPS) is 17.7. The molecule has 1 aromatic carbocycles. The summed E-state index contributed by atoms with van der Waals surface area (Å²) in [5.41, 5.74) is 7.07. The molecule has 5 nitrogen and oxygen atoms in total. The van der Waals surface area contributed by atoms with Crippen molar-refractivity contribution in [3.05, 3.63) is 45.3 Å². The van der Waals surface area contributed by atoms with E-state index in [0.717, 1.165) is 18.4 Å². The number of halogens is 1. The zero-order chi connectivity index (χ0) is 15.0. The summed E-state index contributed by atoms with van der Waals surface area (Å²) in [5, 5.41) is 8.11. The van der Waals surface area contributed by atoms with Crippen molar-refractivity contribution in [2.75, 3.05) is 0 Å². The molecule has 112 valence electrons. The van der Waals surface area contributed by atoms with Crippen molar-refractivity contribution in [3.63, 3.8) is 0 Å². The van der Waals surface area contributed by atoms with Crippen LogP contribution < -0.4 is 11.4 Å². The first-order valence-electron chi connectivity index (χ1n) is 6.91. The molecule has 2 unspecified atom stereocenters. The van der Waals surface area contributed by atoms with Crippen LogP contribution in [0.5, 0.6) is 0 Å². The van der Waals surface area contributed by atoms with E-state index in [0.29, 0.717) is 10.2 Å². The van der Waals surface area contributed by atoms with Crippen LogP contribution in [0.15, 0.2) is 34.2 Å². The minimum Gasteiger partial charge on any atom is -0.327 e. The number of hydrogen-bond acceptors (Lipinski definition) is 4. The summed E-state index contributed by atoms with van der Waals surface area (Å²) in [7, 11) is 0. The largest absolute Gasteiger partial charge is 0.344 e. The van der Waals surface area contributed by atoms with Crippen LogP contribution in [-0.2, 0) is 0 Å². The molecule has 0 amide bonds. The molecule has 1 fully saturated rings. The van der Waals surface area contributed by atoms with Crippen LogP contribution in [0.4, 0.5) is 0 Å². The number of hydrogen-bond donors (Lipinski definition) is 2. The van der Waals surface area contributed by atoms with E-state index in [1.807, 2.05) is 31.2 Å². The van der Waals surface area contributed by atoms with Crippen molar-refractivity contribution in [3.8, 4) is 0 Å². The van der Waals surface area contributed by atoms with Gasteiger partial charge in [-0.15, -0.1) is 5.10 Å². The van der Waals surface area contributed by atoms with Crippen LogP contribution >= 0.6 is 23.4 Å². The van der Waals surface area contributed by atoms with Crippen molar-refractivity contribution in [1.29, 1.82) is 0 Å². The van der Waals surface area contributed by atoms with Crippen molar-refractivity contribution >= 4 is 23.4 Å². The van der Waals surface area contributed by atoms with Crippen molar-refractivity contribution < 1.29 is 0 Å². The quantitative estimate of drug-likeness (QED) is 0.829. The molecule has 0 saturated heterocycles. The molecule has 3 N–H and O–H groups in total. The second kappa shape index (κ2) is 5.87. The fourth-order valence-electron chi connectivity index (χ4n) is 2.27. The Kier molecular flexibility index (Phi) is 4.10. The molecular weight excluding hydrogens is 308 g/mol. The number of aromatic amines is 1. The van der Waals surface area contributed by atoms with Crippen LogP contribution in [-0.4, -0.2) is 20.8 Å². The van der Waals surface area contributed by atoms with Gasteiger partial charge < -0.3 is 5.73 Å². The van der Waals surface area contributed by atoms with Crippen LogP contribution in [0, 0.1) is 0 Å². The highest BCUT2D eigenvalue weighted by molar-refractivity contribution is 7.99. The molecular formula is C14H17ClN4OS. The molecule has 1 aliphatic carbocycles. The molecule has 3 rings (SSSR count). The maximum absolute atomic E-state index is 11.8. The second-order valence-electron chi connectivity index (χ2n) is 5.36. The summed E-state index contributed by atoms with van der Waals surface area (Å²) >= 11 is 7.46. The third kappa shape index (κ3) is 3.17. The lowest BCUT2D eigenvalue weighted by Crippen LogP contribution is -2.23. The molecule has 0 aliphatic heterocycles. The highest BCUT2D eigenvalue weighted by Crippen LogP contribution is 2.41. The summed E-state index contributed by atoms with van der Waals surface area (Å²) in [6, 6.07) is 7.86. The predicted molar refractivity (Wildman–Crippen MR) is 84.8 cm³/mol. The van der Waals surface area contributed by atoms with E-state index in [1.54, 1.807) is 4.57 Å². The molecule has 7 heteroatoms. The van der Waals surface area contributed by atoms with E-state index in [1.165, 1.54) is 11.8 Å². The lowest BCUT2D eigenvalue weighted by Gasteiger charge is -2.20. The van der Waals surface area contributed by atoms with E-state index in [4.69, 9.17) is 17.3 Å². The van der Waals surface area contributed by atoms with Gasteiger partial charge in [-0.1, -0.05) is 35.5 Å². The smallest absolute Gasteiger partial charge is 0.327 e. The first-order chi connectivity index (χ1) is 10.1. The van der Waals surface area contributed by atoms with Crippen LogP contribution in [0.3, 0.4) is 0 Å². The number of nitrogens with two attached hydrogens (primary N) is 1. The Hall–Kier alpha value is -1.24. The van der Waals surface area contributed by atoms with Gasteiger partial charge in [0, 0.05) is 17.1 Å². The highest BCUT2D eigenvalue weighted by Gasteiger charge is 2.30. The zero-order valence-corrected chi connectivity index (χ0v) is 13.2. The maximum Gasteiger partial charge on any atom is 0.344 e. The molecule has 1 saturated carbocycles. The minimum absolute atomic E-state index is 0.0231. The standard InChI is InChI=1S/C14H17ClN4OS/c1-8(16)12(9-2-4-10(15)5-3-9)21-14-18-17-13(20)19(14)11-6-7-11/h2-5,8,11-12H,6-7,16H2,1H3,(H,17,20). The molecule has 2 atom stereocenters. The van der Waals surface area contributed by atoms with Gasteiger partial charge in [-0.2, -0.15) is 0 Å². The summed E-state index contributed by atoms with van der Waals surface area (Å²) in [4.78, 5) is 11.8. The van der Waals surface area contributed by atoms with E-state index >= 15 is 0 Å². The van der Waals surface area contributed by atoms with Crippen molar-refractivity contribution in [2.45, 2.75) is 42.3 Å². The molecule has 1 aromatic heterocycles. The summed E-state index contributed by atoms with van der Waals surface area (Å²) in [6.07, 6.45) is 2.08. The predicted octanol–water partition coefficient (Wildman–Crippen LogP) is 2.74. The molecule has 1 heterocycles. The number of benzene rings is 1. The second-order valence-corrected chi connectivity index (χ2v) is 6.91. The van der Waals surface area contributed by atoms with Crippen LogP contribution in [0.25, 0.3) is 0 Å². The topological polar surface area (TPSA) is 76.7 Å². The van der Waals surface area contributed by atoms with E-state index < -0.39 is 0 Å². The number of nitrogens with one attached hydrogen (secondary N) is 1. The van der Waals surface area contributed by atoms with Crippen molar-refractivity contribution in [1.82, 2.24) is 14.8 Å². The van der Waals surface area contributed by atoms with E-state index in [-0.39, 0.29) is 23.0 Å². The van der Waals surface area contributed by atoms with E-state index in [9.17, 15) is 4.79 Å². The number of nitrogens with zero attached hydrogens (tertiary/aromatic N) is 2. The monoisotopic (exact) mass is 324 g/mol. The molecule has 0 bridgehead atoms. The van der Waals surface area contributed by atoms with Gasteiger partial charge in [0.2, 0.25) is 0 Å². The Morgan fingerprint density at radius 1 is 1.43 bits per heavy atom. The summed E-state index contributed by atoms with van der Waals surface area (Å²) in [5.74, 6) is 0. The van der Waals surface area contributed by atoms with Gasteiger partial charge in [-0.05, 0) is 37.5 Å². The molecule has 0 radical (unpaired) electrons. The number of thioether (sulfide) groups is 1. The van der Waals surface area contributed by atoms with Gasteiger partial charge in [0.25, 0.3) is 0 Å². The zero-order valence-electron chi connectivity index (χ0n) is 11.6. The lowest BCUT2D eigenvalue weighted by molar-refractivity contribution is 0.636. The van der Waals surface area contributed by atoms with Gasteiger partial charge >= 0.3 is 5.69 Å². The van der Waals surface area contributed by atoms with Crippen molar-refractivity contribution in [2.24, 2.45) is 5.73 Å². The molecule has 1 aliphatic rings. The molecule has 2 aromatic rings. The molecule has 21 heavy (non-hydrogen) atoms. The Morgan fingerprint density at radius 3 is 2.67 bits per heavy atom. The van der Waals surface area contributed by atoms with Gasteiger partial charge in [0.1, 0.15) is 0 Å². The fourth-order valence-corrected chi connectivity index (χ4v) is 3.58. The maximum atomic E-state index is 11.8. The Bertz CT molecular complexity index is 675. The number of aromatic nitrogens is 3. The third-order valence-corrected chi connectivity index (χ3v) is 5.20. The first kappa shape index (κ1) is 14.7. The number of H-pyrrole nitrogens is 1. The molecule has 0 spiro atoms. The highest BCUT2D eigenvalue weighted by atomic mass is 35.5. The fraction of sp³-hybridized carbons (Fsp3) is 0.429. The summed E-state index contributed by atoms with van der Waals surface area (Å²) < 4.78 is 1.75. The van der Waals surface area contributed by atoms with Gasteiger partial charge in [-0.3, -0.25) is 4.57 Å². The van der Waals surface area contributed by atoms with Crippen LogP contribution in [0.1, 0.15) is 36.6 Å². The Labute approximate surface area is 131 Å². The van der Waals surface area contributed by atoms with E-state index in [2.05, 4.69) is 10.2 Å². The average Bonchev–Trinajstić information content (AvgIpc) is 3.21. The third-order valence-electron chi connectivity index (χ3n) is 3.49. The minimum atomic E-state index is -0.139. The van der Waals surface area contributed by atoms with Gasteiger partial charge in [0.15, 0.2) is 5.16 Å². The lowest BCUT2D eigenvalue weighted by atomic mass is 10.1. The number of rotatable bonds is 5. The SMILES string of the molecule is CC(N)C(Sc1n[nH]c(=O)n1C1CC1)c1ccc(Cl)cc1. The average molecular weight is 325 g/mol. The Morgan fingerprint density at radius 2 is 2.10 bits per heavy atom. The summed E-state index contributed by atoms with van der Waals surface area (Å²) in [6.45, 7) is 1.96. The first-order valence-corrected chi connectivity index (χ1v) is 8.16. The van der Waals surface area contributed by atoms with Crippen LogP contribution in [0.2, 0.25) is 5.02 Å².